The molecule has 0 spiro atoms. The molecule has 2 heterocycles. The van der Waals surface area contributed by atoms with Gasteiger partial charge in [0.1, 0.15) is 23.8 Å². The zero-order valence-electron chi connectivity index (χ0n) is 12.2. The summed E-state index contributed by atoms with van der Waals surface area (Å²) in [6, 6.07) is 0.0133. The number of hydrogen-bond donors (Lipinski definition) is 2. The van der Waals surface area contributed by atoms with Gasteiger partial charge in [0.25, 0.3) is 0 Å². The monoisotopic (exact) mass is 392 g/mol. The molecule has 2 saturated heterocycles. The van der Waals surface area contributed by atoms with Crippen LogP contribution in [0, 0.1) is 0 Å². The van der Waals surface area contributed by atoms with Crippen LogP contribution in [0.3, 0.4) is 0 Å². The lowest BCUT2D eigenvalue weighted by Gasteiger charge is -2.30. The van der Waals surface area contributed by atoms with Gasteiger partial charge in [0.2, 0.25) is 22.1 Å². The van der Waals surface area contributed by atoms with Crippen molar-refractivity contribution in [3.05, 3.63) is 0 Å². The highest BCUT2D eigenvalue weighted by molar-refractivity contribution is 7.91. The van der Waals surface area contributed by atoms with E-state index in [-0.39, 0.29) is 18.7 Å². The fraction of sp³-hybridized carbons (Fsp3) is 1.00. The van der Waals surface area contributed by atoms with E-state index in [0.29, 0.717) is 6.42 Å². The Hall–Kier alpha value is 0.985. The third-order valence-corrected chi connectivity index (χ3v) is 15.2. The second-order valence-electron chi connectivity index (χ2n) is 5.84. The Morgan fingerprint density at radius 1 is 1.23 bits per heavy atom. The van der Waals surface area contributed by atoms with Crippen LogP contribution >= 0.6 is 31.6 Å². The highest BCUT2D eigenvalue weighted by atomic mass is 31.3. The lowest BCUT2D eigenvalue weighted by molar-refractivity contribution is 0.0156. The van der Waals surface area contributed by atoms with Gasteiger partial charge in [0.15, 0.2) is 7.28 Å². The van der Waals surface area contributed by atoms with Crippen molar-refractivity contribution < 1.29 is 37.3 Å². The van der Waals surface area contributed by atoms with E-state index < -0.39 is 45.9 Å². The molecule has 0 aliphatic carbocycles. The molecule has 0 bridgehead atoms. The van der Waals surface area contributed by atoms with Gasteiger partial charge in [-0.1, -0.05) is 6.82 Å². The number of ether oxygens (including phenoxy) is 1. The summed E-state index contributed by atoms with van der Waals surface area (Å²) in [6.07, 6.45) is -0.0189. The van der Waals surface area contributed by atoms with E-state index in [4.69, 9.17) is 13.8 Å². The maximum Gasteiger partial charge on any atom is 0.222 e. The van der Waals surface area contributed by atoms with Gasteiger partial charge >= 0.3 is 0 Å². The predicted molar refractivity (Wildman–Crippen MR) is 88.7 cm³/mol. The highest BCUT2D eigenvalue weighted by Crippen LogP contribution is 2.76. The van der Waals surface area contributed by atoms with Crippen molar-refractivity contribution in [2.24, 2.45) is 0 Å². The molecule has 2 fully saturated rings. The van der Waals surface area contributed by atoms with Crippen molar-refractivity contribution in [3.63, 3.8) is 0 Å². The van der Waals surface area contributed by atoms with Gasteiger partial charge in [-0.15, -0.1) is 0 Å². The average Bonchev–Trinajstić information content (AvgIpc) is 2.74. The Labute approximate surface area is 132 Å². The van der Waals surface area contributed by atoms with Crippen LogP contribution in [0.1, 0.15) is 6.42 Å². The van der Waals surface area contributed by atoms with Gasteiger partial charge in [-0.2, -0.15) is 0 Å². The SMILES string of the molecule is CB[C@H]1C[C@@H](OP)[C@@H](COP2(=O)CP(=O)(O)CP(=O)(O)C2)O1. The van der Waals surface area contributed by atoms with E-state index in [1.165, 1.54) is 0 Å². The van der Waals surface area contributed by atoms with Gasteiger partial charge < -0.3 is 23.6 Å². The summed E-state index contributed by atoms with van der Waals surface area (Å²) in [5.41, 5.74) is 0. The first-order valence-corrected chi connectivity index (χ1v) is 13.5. The quantitative estimate of drug-likeness (QED) is 0.534. The maximum atomic E-state index is 12.6. The van der Waals surface area contributed by atoms with Gasteiger partial charge in [-0.25, -0.2) is 0 Å². The predicted octanol–water partition coefficient (Wildman–Crippen LogP) is 1.48. The van der Waals surface area contributed by atoms with Gasteiger partial charge in [-0.05, 0) is 6.42 Å². The molecule has 128 valence electrons. The maximum absolute atomic E-state index is 12.6. The Kier molecular flexibility index (Phi) is 6.21. The molecule has 0 aromatic carbocycles. The van der Waals surface area contributed by atoms with E-state index in [1.807, 2.05) is 6.82 Å². The third kappa shape index (κ3) is 4.99. The van der Waals surface area contributed by atoms with E-state index in [9.17, 15) is 23.5 Å². The number of rotatable bonds is 5. The first kappa shape index (κ1) is 19.3. The summed E-state index contributed by atoms with van der Waals surface area (Å²) in [6.45, 7) is 1.88. The summed E-state index contributed by atoms with van der Waals surface area (Å²) >= 11 is 0. The second-order valence-corrected chi connectivity index (χ2v) is 14.8. The number of hydrogen-bond acceptors (Lipinski definition) is 6. The summed E-state index contributed by atoms with van der Waals surface area (Å²) < 4.78 is 52.4. The largest absolute Gasteiger partial charge is 0.378 e. The molecule has 0 saturated carbocycles. The van der Waals surface area contributed by atoms with Gasteiger partial charge in [0, 0.05) is 15.5 Å². The van der Waals surface area contributed by atoms with Crippen LogP contribution in [-0.4, -0.2) is 59.6 Å². The highest BCUT2D eigenvalue weighted by Gasteiger charge is 2.49. The van der Waals surface area contributed by atoms with Crippen molar-refractivity contribution in [2.45, 2.75) is 31.5 Å². The fourth-order valence-electron chi connectivity index (χ4n) is 2.80. The second kappa shape index (κ2) is 7.08. The Balaban J connectivity index is 2.02. The molecule has 3 unspecified atom stereocenters. The van der Waals surface area contributed by atoms with Gasteiger partial charge in [-0.3, -0.25) is 13.7 Å². The van der Waals surface area contributed by atoms with Gasteiger partial charge in [0.05, 0.1) is 12.7 Å². The molecule has 2 rings (SSSR count). The topological polar surface area (TPSA) is 119 Å². The smallest absolute Gasteiger partial charge is 0.222 e. The van der Waals surface area contributed by atoms with Crippen molar-refractivity contribution in [1.29, 1.82) is 0 Å². The minimum Gasteiger partial charge on any atom is -0.378 e. The normalized spacial score (nSPS) is 49.2. The van der Waals surface area contributed by atoms with E-state index >= 15 is 0 Å². The van der Waals surface area contributed by atoms with Crippen molar-refractivity contribution in [3.8, 4) is 0 Å². The molecule has 2 aliphatic heterocycles. The molecule has 22 heavy (non-hydrogen) atoms. The molecule has 2 N–H and O–H groups in total. The van der Waals surface area contributed by atoms with E-state index in [0.717, 1.165) is 7.28 Å². The molecular formula is C9H21BO8P4. The molecule has 2 aliphatic rings. The van der Waals surface area contributed by atoms with Crippen LogP contribution < -0.4 is 0 Å². The lowest BCUT2D eigenvalue weighted by Crippen LogP contribution is -2.27. The third-order valence-electron chi connectivity index (χ3n) is 3.70. The molecule has 8 nitrogen and oxygen atoms in total. The standard InChI is InChI=1S/C9H21BO8P4/c1-10-9-2-7(18-19)8(17-9)3-16-22(15)5-20(11,12)4-21(13,14)6-22/h7-10H,2-6,19H2,1H3,(H,11,12)(H,13,14)/t7-,8-,9-/m1/s1. The zero-order chi connectivity index (χ0) is 16.6. The van der Waals surface area contributed by atoms with E-state index in [1.54, 1.807) is 0 Å². The molecule has 0 aromatic heterocycles. The zero-order valence-corrected chi connectivity index (χ0v) is 16.1. The van der Waals surface area contributed by atoms with Crippen LogP contribution in [0.25, 0.3) is 0 Å². The molecule has 6 atom stereocenters. The Morgan fingerprint density at radius 3 is 2.32 bits per heavy atom. The van der Waals surface area contributed by atoms with Crippen molar-refractivity contribution in [1.82, 2.24) is 0 Å². The van der Waals surface area contributed by atoms with Crippen molar-refractivity contribution >= 4 is 38.9 Å². The summed E-state index contributed by atoms with van der Waals surface area (Å²) in [7, 11) is -8.50. The van der Waals surface area contributed by atoms with Crippen LogP contribution in [0.5, 0.6) is 0 Å². The van der Waals surface area contributed by atoms with Crippen molar-refractivity contribution in [2.75, 3.05) is 24.3 Å². The Bertz CT molecular complexity index is 528. The van der Waals surface area contributed by atoms with Crippen LogP contribution in [0.4, 0.5) is 0 Å². The molecular weight excluding hydrogens is 371 g/mol. The van der Waals surface area contributed by atoms with E-state index in [2.05, 4.69) is 9.47 Å². The molecule has 13 heteroatoms. The van der Waals surface area contributed by atoms with Crippen LogP contribution in [0.2, 0.25) is 6.82 Å². The molecule has 0 amide bonds. The van der Waals surface area contributed by atoms with Crippen LogP contribution in [0.15, 0.2) is 0 Å². The average molecular weight is 392 g/mol. The first-order valence-electron chi connectivity index (χ1n) is 6.93. The Morgan fingerprint density at radius 2 is 1.82 bits per heavy atom. The molecule has 0 aromatic rings. The molecule has 0 radical (unpaired) electrons. The summed E-state index contributed by atoms with van der Waals surface area (Å²) in [5, 5.41) is 0. The lowest BCUT2D eigenvalue weighted by atomic mass is 9.73. The minimum absolute atomic E-state index is 0.0133. The fourth-order valence-corrected chi connectivity index (χ4v) is 15.8. The van der Waals surface area contributed by atoms with Crippen LogP contribution in [-0.2, 0) is 27.5 Å². The first-order chi connectivity index (χ1) is 10.1. The minimum atomic E-state index is -3.91. The summed E-state index contributed by atoms with van der Waals surface area (Å²) in [5.74, 6) is -1.80. The summed E-state index contributed by atoms with van der Waals surface area (Å²) in [4.78, 5) is 19.3.